The number of Topliss-reactive ketones (excluding diaryl/α,β-unsaturated/α-hetero) is 1. The van der Waals surface area contributed by atoms with Crippen LogP contribution in [0, 0.1) is 23.7 Å². The third kappa shape index (κ3) is 8.60. The molecule has 11 nitrogen and oxygen atoms in total. The van der Waals surface area contributed by atoms with Crippen molar-refractivity contribution in [3.8, 4) is 22.8 Å². The first-order chi connectivity index (χ1) is 34.2. The van der Waals surface area contributed by atoms with Gasteiger partial charge in [-0.2, -0.15) is 0 Å². The molecule has 7 unspecified atom stereocenters. The fourth-order valence-electron chi connectivity index (χ4n) is 14.9. The van der Waals surface area contributed by atoms with E-state index in [-0.39, 0.29) is 60.3 Å². The van der Waals surface area contributed by atoms with Gasteiger partial charge in [-0.3, -0.25) is 19.5 Å². The van der Waals surface area contributed by atoms with Gasteiger partial charge in [-0.05, 0) is 146 Å². The number of piperidine rings is 1. The summed E-state index contributed by atoms with van der Waals surface area (Å²) in [7, 11) is 12.7. The molecule has 4 saturated heterocycles. The van der Waals surface area contributed by atoms with Crippen molar-refractivity contribution in [3.63, 3.8) is 0 Å². The van der Waals surface area contributed by atoms with Gasteiger partial charge in [0.15, 0.2) is 5.78 Å². The largest absolute Gasteiger partial charge is 0.457 e. The number of nitrogens with one attached hydrogen (secondary N) is 2. The van der Waals surface area contributed by atoms with Crippen LogP contribution in [0.2, 0.25) is 5.02 Å². The van der Waals surface area contributed by atoms with Crippen molar-refractivity contribution in [1.82, 2.24) is 39.8 Å². The van der Waals surface area contributed by atoms with E-state index in [1.165, 1.54) is 16.7 Å². The predicted molar refractivity (Wildman–Crippen MR) is 285 cm³/mol. The second-order valence-electron chi connectivity index (χ2n) is 22.3. The fourth-order valence-corrected chi connectivity index (χ4v) is 15.0. The minimum atomic E-state index is -0.754. The Kier molecular flexibility index (Phi) is 14.2. The van der Waals surface area contributed by atoms with Crippen LogP contribution in [0.1, 0.15) is 68.1 Å². The number of carbonyl (C=O) groups excluding carboxylic acids is 1. The summed E-state index contributed by atoms with van der Waals surface area (Å²) >= 11 is 6.43. The second-order valence-corrected chi connectivity index (χ2v) is 22.7. The molecule has 1 spiro atoms. The topological polar surface area (TPSA) is 90.4 Å². The van der Waals surface area contributed by atoms with Crippen molar-refractivity contribution in [1.29, 1.82) is 0 Å². The van der Waals surface area contributed by atoms with Gasteiger partial charge >= 0.3 is 0 Å². The fraction of sp³-hybridized carbons (Fsp3) is 0.525. The van der Waals surface area contributed by atoms with Gasteiger partial charge in [0.05, 0.1) is 35.9 Å². The number of benzene rings is 4. The zero-order chi connectivity index (χ0) is 49.9. The van der Waals surface area contributed by atoms with Gasteiger partial charge in [0.1, 0.15) is 17.3 Å². The molecular formula is C59H77ClN8O3. The molecule has 5 heterocycles. The van der Waals surface area contributed by atoms with Gasteiger partial charge in [-0.1, -0.05) is 73.1 Å². The van der Waals surface area contributed by atoms with Crippen molar-refractivity contribution >= 4 is 17.4 Å². The van der Waals surface area contributed by atoms with Gasteiger partial charge in [-0.15, -0.1) is 0 Å². The molecule has 4 aromatic carbocycles. The van der Waals surface area contributed by atoms with Crippen molar-refractivity contribution in [2.24, 2.45) is 23.8 Å². The molecule has 2 bridgehead atoms. The number of carbonyl (C=O) groups is 1. The quantitative estimate of drug-likeness (QED) is 0.113. The van der Waals surface area contributed by atoms with Crippen LogP contribution in [0.5, 0.6) is 11.5 Å². The Morgan fingerprint density at radius 3 is 2.31 bits per heavy atom. The lowest BCUT2D eigenvalue weighted by Crippen LogP contribution is -2.73. The number of aryl methyl sites for hydroxylation is 1. The molecule has 1 aromatic heterocycles. The molecule has 12 atom stereocenters. The number of nitrogens with zero attached hydrogens (tertiary/aromatic N) is 6. The molecule has 10 rings (SSSR count). The highest BCUT2D eigenvalue weighted by atomic mass is 35.5. The number of aromatic nitrogens is 2. The first-order valence-electron chi connectivity index (χ1n) is 26.2. The van der Waals surface area contributed by atoms with E-state index in [1.807, 2.05) is 25.4 Å². The number of hydrogen-bond acceptors (Lipinski definition) is 10. The van der Waals surface area contributed by atoms with Crippen LogP contribution in [-0.2, 0) is 42.5 Å². The number of methoxy groups -OCH3 is 1. The second kappa shape index (κ2) is 20.1. The molecule has 5 aliphatic rings. The summed E-state index contributed by atoms with van der Waals surface area (Å²) in [5.74, 6) is 3.36. The molecule has 71 heavy (non-hydrogen) atoms. The van der Waals surface area contributed by atoms with Gasteiger partial charge in [0, 0.05) is 97.8 Å². The van der Waals surface area contributed by atoms with Crippen LogP contribution in [0.4, 0.5) is 0 Å². The van der Waals surface area contributed by atoms with Gasteiger partial charge in [0.2, 0.25) is 0 Å². The molecule has 12 heteroatoms. The number of rotatable bonds is 14. The standard InChI is InChI=1S/C59H77ClN8O3/c1-11-58-52-30-43(28-40-17-13-12-14-18-40)55(58)65(7)38(3)32-61-51-31-45(29-41-20-24-44(60)25-21-41)66(8)56-48(36-70-10)63-54(59(51,56)57(58)69)39(4)68(52)34-47-37(2)16-15-19-50(47)71-46-26-22-42(23-27-46)49-33-62-53(67(49)9)35-64(5)6/h12-27,33,38-39,43,45,48,51-52,54-56,61,63H,11,28-32,34-36H2,1-10H3/t38-,39-,43+,45-,48+,51?,52?,54?,55?,56?,58?,59?/m0/s1. The lowest BCUT2D eigenvalue weighted by molar-refractivity contribution is -0.154. The molecule has 5 fully saturated rings. The Labute approximate surface area is 428 Å². The Morgan fingerprint density at radius 2 is 1.61 bits per heavy atom. The van der Waals surface area contributed by atoms with E-state index in [9.17, 15) is 0 Å². The van der Waals surface area contributed by atoms with Crippen LogP contribution >= 0.6 is 11.6 Å². The zero-order valence-electron chi connectivity index (χ0n) is 43.7. The maximum Gasteiger partial charge on any atom is 0.153 e. The van der Waals surface area contributed by atoms with Crippen molar-refractivity contribution in [3.05, 3.63) is 136 Å². The summed E-state index contributed by atoms with van der Waals surface area (Å²) in [6.45, 7) is 12.1. The molecule has 5 aromatic rings. The van der Waals surface area contributed by atoms with Crippen LogP contribution in [0.25, 0.3) is 11.3 Å². The monoisotopic (exact) mass is 981 g/mol. The molecule has 4 aliphatic heterocycles. The van der Waals surface area contributed by atoms with Crippen molar-refractivity contribution in [2.75, 3.05) is 48.5 Å². The van der Waals surface area contributed by atoms with Crippen LogP contribution in [0.15, 0.2) is 103 Å². The molecular weight excluding hydrogens is 904 g/mol. The Hall–Kier alpha value is -4.43. The van der Waals surface area contributed by atoms with E-state index in [4.69, 9.17) is 26.1 Å². The lowest BCUT2D eigenvalue weighted by Gasteiger charge is -2.57. The SMILES string of the molecule is CCC12C(=O)C34C5C[C@H](Cc6ccc(Cl)cc6)N(C)C3[C@@H](COC)NC4[C@H](C)N(Cc3c(C)cccc3Oc3ccc(-c4cnc(CN(C)C)n4C)cc3)C1C[C@@H](Cc1ccccc1)C2N(C)[C@@H](C)CN5. The summed E-state index contributed by atoms with van der Waals surface area (Å²) in [6.07, 6.45) is 6.29. The molecule has 1 aliphatic carbocycles. The maximum atomic E-state index is 17.5. The van der Waals surface area contributed by atoms with Crippen molar-refractivity contribution in [2.45, 2.75) is 127 Å². The van der Waals surface area contributed by atoms with Gasteiger partial charge in [-0.25, -0.2) is 4.98 Å². The molecule has 378 valence electrons. The normalized spacial score (nSPS) is 32.1. The highest BCUT2D eigenvalue weighted by molar-refractivity contribution is 6.30. The van der Waals surface area contributed by atoms with Gasteiger partial charge in [0.25, 0.3) is 0 Å². The highest BCUT2D eigenvalue weighted by Gasteiger charge is 2.77. The highest BCUT2D eigenvalue weighted by Crippen LogP contribution is 2.63. The third-order valence-electron chi connectivity index (χ3n) is 18.3. The zero-order valence-corrected chi connectivity index (χ0v) is 44.5. The molecule has 0 amide bonds. The molecule has 1 saturated carbocycles. The van der Waals surface area contributed by atoms with E-state index < -0.39 is 10.8 Å². The lowest BCUT2D eigenvalue weighted by atomic mass is 9.54. The molecule has 0 radical (unpaired) electrons. The van der Waals surface area contributed by atoms with E-state index in [0.29, 0.717) is 18.9 Å². The average Bonchev–Trinajstić information content (AvgIpc) is 4.00. The summed E-state index contributed by atoms with van der Waals surface area (Å²) < 4.78 is 15.3. The number of ketones is 1. The number of likely N-dealkylation sites (tertiary alicyclic amines) is 2. The smallest absolute Gasteiger partial charge is 0.153 e. The summed E-state index contributed by atoms with van der Waals surface area (Å²) in [6, 6.07) is 34.3. The number of likely N-dealkylation sites (N-methyl/N-ethyl adjacent to an activating group) is 2. The number of hydrogen-bond donors (Lipinski definition) is 2. The minimum absolute atomic E-state index is 0.0199. The first kappa shape index (κ1) is 50.1. The van der Waals surface area contributed by atoms with Gasteiger partial charge < -0.3 is 29.6 Å². The average molecular weight is 982 g/mol. The predicted octanol–water partition coefficient (Wildman–Crippen LogP) is 8.65. The van der Waals surface area contributed by atoms with E-state index in [0.717, 1.165) is 84.4 Å². The van der Waals surface area contributed by atoms with Crippen LogP contribution in [-0.4, -0.2) is 138 Å². The number of halogens is 1. The maximum absolute atomic E-state index is 17.5. The van der Waals surface area contributed by atoms with Crippen LogP contribution in [0.3, 0.4) is 0 Å². The number of ether oxygens (including phenoxy) is 2. The summed E-state index contributed by atoms with van der Waals surface area (Å²) in [5.41, 5.74) is 5.66. The minimum Gasteiger partial charge on any atom is -0.457 e. The Morgan fingerprint density at radius 1 is 0.873 bits per heavy atom. The van der Waals surface area contributed by atoms with Crippen molar-refractivity contribution < 1.29 is 14.3 Å². The Balaban J connectivity index is 1.09. The third-order valence-corrected chi connectivity index (χ3v) is 18.5. The molecule has 2 N–H and O–H groups in total. The van der Waals surface area contributed by atoms with Crippen LogP contribution < -0.4 is 15.4 Å². The first-order valence-corrected chi connectivity index (χ1v) is 26.6. The van der Waals surface area contributed by atoms with E-state index >= 15 is 4.79 Å². The van der Waals surface area contributed by atoms with E-state index in [1.54, 1.807) is 0 Å². The summed E-state index contributed by atoms with van der Waals surface area (Å²) in [5, 5.41) is 9.26. The summed E-state index contributed by atoms with van der Waals surface area (Å²) in [4.78, 5) is 32.4. The Bertz CT molecular complexity index is 2660. The number of imidazole rings is 1. The van der Waals surface area contributed by atoms with E-state index in [2.05, 4.69) is 183 Å².